The van der Waals surface area contributed by atoms with E-state index in [1.807, 2.05) is 22.6 Å². The number of anilines is 2. The molecule has 0 bridgehead atoms. The summed E-state index contributed by atoms with van der Waals surface area (Å²) in [5, 5.41) is 7.33. The van der Waals surface area contributed by atoms with Gasteiger partial charge in [0.05, 0.1) is 5.56 Å². The standard InChI is InChI=1S/C6H8IN5/c1-2-11-5(9)3(4(7)8)6(10)12-2/h8H,1H3,(H4,9,10,11,12). The number of nitrogens with one attached hydrogen (secondary N) is 1. The molecule has 0 aliphatic rings. The number of nitrogen functional groups attached to an aromatic ring is 2. The minimum atomic E-state index is 0.252. The van der Waals surface area contributed by atoms with E-state index in [4.69, 9.17) is 16.9 Å². The first-order chi connectivity index (χ1) is 5.52. The highest BCUT2D eigenvalue weighted by Crippen LogP contribution is 2.18. The Morgan fingerprint density at radius 1 is 1.33 bits per heavy atom. The minimum Gasteiger partial charge on any atom is -0.383 e. The van der Waals surface area contributed by atoms with Gasteiger partial charge in [0, 0.05) is 0 Å². The monoisotopic (exact) mass is 277 g/mol. The van der Waals surface area contributed by atoms with Crippen LogP contribution in [0.4, 0.5) is 11.6 Å². The first-order valence-corrected chi connectivity index (χ1v) is 4.24. The summed E-state index contributed by atoms with van der Waals surface area (Å²) in [4.78, 5) is 7.79. The van der Waals surface area contributed by atoms with E-state index in [1.54, 1.807) is 6.92 Å². The van der Waals surface area contributed by atoms with Gasteiger partial charge in [-0.1, -0.05) is 0 Å². The van der Waals surface area contributed by atoms with Crippen LogP contribution < -0.4 is 11.5 Å². The van der Waals surface area contributed by atoms with Crippen LogP contribution in [0.1, 0.15) is 11.4 Å². The quantitative estimate of drug-likeness (QED) is 0.519. The highest BCUT2D eigenvalue weighted by Gasteiger charge is 2.10. The first kappa shape index (κ1) is 9.17. The second-order valence-corrected chi connectivity index (χ2v) is 3.31. The van der Waals surface area contributed by atoms with Gasteiger partial charge in [-0.2, -0.15) is 0 Å². The summed E-state index contributed by atoms with van der Waals surface area (Å²) in [6.07, 6.45) is 0. The van der Waals surface area contributed by atoms with Crippen molar-refractivity contribution in [3.05, 3.63) is 11.4 Å². The maximum atomic E-state index is 7.33. The summed E-state index contributed by atoms with van der Waals surface area (Å²) in [6, 6.07) is 0. The van der Waals surface area contributed by atoms with E-state index in [1.165, 1.54) is 0 Å². The van der Waals surface area contributed by atoms with Crippen molar-refractivity contribution in [1.29, 1.82) is 5.41 Å². The molecule has 5 N–H and O–H groups in total. The summed E-state index contributed by atoms with van der Waals surface area (Å²) in [6.45, 7) is 1.70. The van der Waals surface area contributed by atoms with Crippen LogP contribution in [0.2, 0.25) is 0 Å². The summed E-state index contributed by atoms with van der Waals surface area (Å²) in [7, 11) is 0. The second kappa shape index (κ2) is 3.21. The minimum absolute atomic E-state index is 0.252. The first-order valence-electron chi connectivity index (χ1n) is 3.16. The van der Waals surface area contributed by atoms with Crippen LogP contribution in [0, 0.1) is 12.3 Å². The molecular weight excluding hydrogens is 269 g/mol. The van der Waals surface area contributed by atoms with Gasteiger partial charge >= 0.3 is 0 Å². The highest BCUT2D eigenvalue weighted by molar-refractivity contribution is 14.1. The molecule has 64 valence electrons. The Hall–Kier alpha value is -0.920. The van der Waals surface area contributed by atoms with Crippen molar-refractivity contribution in [2.45, 2.75) is 6.92 Å². The van der Waals surface area contributed by atoms with Crippen molar-refractivity contribution in [3.8, 4) is 0 Å². The van der Waals surface area contributed by atoms with E-state index < -0.39 is 0 Å². The average molecular weight is 277 g/mol. The van der Waals surface area contributed by atoms with Gasteiger partial charge in [-0.05, 0) is 29.5 Å². The van der Waals surface area contributed by atoms with Gasteiger partial charge in [-0.15, -0.1) is 0 Å². The average Bonchev–Trinajstić information content (AvgIpc) is 1.82. The van der Waals surface area contributed by atoms with E-state index in [-0.39, 0.29) is 15.4 Å². The largest absolute Gasteiger partial charge is 0.383 e. The smallest absolute Gasteiger partial charge is 0.139 e. The fourth-order valence-corrected chi connectivity index (χ4v) is 1.39. The lowest BCUT2D eigenvalue weighted by Gasteiger charge is -2.05. The Balaban J connectivity index is 3.38. The zero-order valence-corrected chi connectivity index (χ0v) is 8.58. The summed E-state index contributed by atoms with van der Waals surface area (Å²) < 4.78 is 0.252. The topological polar surface area (TPSA) is 102 Å². The zero-order chi connectivity index (χ0) is 9.30. The van der Waals surface area contributed by atoms with Gasteiger partial charge in [-0.25, -0.2) is 9.97 Å². The molecule has 0 aromatic carbocycles. The number of nitrogens with zero attached hydrogens (tertiary/aromatic N) is 2. The van der Waals surface area contributed by atoms with Gasteiger partial charge in [-0.3, -0.25) is 5.41 Å². The number of halogens is 1. The lowest BCUT2D eigenvalue weighted by Crippen LogP contribution is -2.08. The fourth-order valence-electron chi connectivity index (χ4n) is 0.842. The van der Waals surface area contributed by atoms with Crippen molar-refractivity contribution in [3.63, 3.8) is 0 Å². The molecule has 0 aliphatic carbocycles. The Labute approximate surface area is 83.2 Å². The molecule has 6 heteroatoms. The molecule has 1 aromatic heterocycles. The highest BCUT2D eigenvalue weighted by atomic mass is 127. The van der Waals surface area contributed by atoms with Gasteiger partial charge in [0.1, 0.15) is 21.2 Å². The lowest BCUT2D eigenvalue weighted by atomic mass is 10.3. The van der Waals surface area contributed by atoms with Crippen molar-refractivity contribution in [2.24, 2.45) is 0 Å². The maximum Gasteiger partial charge on any atom is 0.139 e. The number of nitrogens with two attached hydrogens (primary N) is 2. The fraction of sp³-hybridized carbons (Fsp3) is 0.167. The van der Waals surface area contributed by atoms with E-state index >= 15 is 0 Å². The Morgan fingerprint density at radius 3 is 2.08 bits per heavy atom. The number of hydrogen-bond acceptors (Lipinski definition) is 5. The van der Waals surface area contributed by atoms with Crippen LogP contribution in [0.15, 0.2) is 0 Å². The Kier molecular flexibility index (Phi) is 2.46. The summed E-state index contributed by atoms with van der Waals surface area (Å²) in [5.74, 6) is 1.05. The zero-order valence-electron chi connectivity index (χ0n) is 6.43. The van der Waals surface area contributed by atoms with E-state index in [2.05, 4.69) is 9.97 Å². The lowest BCUT2D eigenvalue weighted by molar-refractivity contribution is 1.07. The second-order valence-electron chi connectivity index (χ2n) is 2.23. The van der Waals surface area contributed by atoms with Crippen LogP contribution in [-0.2, 0) is 0 Å². The Morgan fingerprint density at radius 2 is 1.75 bits per heavy atom. The maximum absolute atomic E-state index is 7.33. The van der Waals surface area contributed by atoms with Crippen LogP contribution in [0.3, 0.4) is 0 Å². The third kappa shape index (κ3) is 1.63. The van der Waals surface area contributed by atoms with Crippen LogP contribution in [-0.4, -0.2) is 13.7 Å². The van der Waals surface area contributed by atoms with E-state index in [0.29, 0.717) is 11.4 Å². The van der Waals surface area contributed by atoms with Gasteiger partial charge < -0.3 is 11.5 Å². The molecule has 1 aromatic rings. The Bertz CT molecular complexity index is 312. The predicted molar refractivity (Wildman–Crippen MR) is 56.4 cm³/mol. The molecule has 12 heavy (non-hydrogen) atoms. The normalized spacial score (nSPS) is 9.83. The van der Waals surface area contributed by atoms with Crippen molar-refractivity contribution in [1.82, 2.24) is 9.97 Å². The third-order valence-corrected chi connectivity index (χ3v) is 1.84. The molecule has 0 spiro atoms. The van der Waals surface area contributed by atoms with Crippen molar-refractivity contribution >= 4 is 37.9 Å². The molecule has 0 saturated carbocycles. The van der Waals surface area contributed by atoms with Crippen LogP contribution in [0.5, 0.6) is 0 Å². The number of hydrogen-bond donors (Lipinski definition) is 3. The predicted octanol–water partition coefficient (Wildman–Crippen LogP) is 0.710. The molecule has 0 radical (unpaired) electrons. The third-order valence-electron chi connectivity index (χ3n) is 1.30. The molecular formula is C6H8IN5. The molecule has 0 fully saturated rings. The molecule has 1 rings (SSSR count). The number of aromatic nitrogens is 2. The number of aryl methyl sites for hydroxylation is 1. The molecule has 0 amide bonds. The van der Waals surface area contributed by atoms with Gasteiger partial charge in [0.25, 0.3) is 0 Å². The summed E-state index contributed by atoms with van der Waals surface area (Å²) in [5.41, 5.74) is 11.5. The van der Waals surface area contributed by atoms with E-state index in [9.17, 15) is 0 Å². The molecule has 0 saturated heterocycles. The molecule has 5 nitrogen and oxygen atoms in total. The molecule has 1 heterocycles. The molecule has 0 aliphatic heterocycles. The SMILES string of the molecule is Cc1nc(N)c(C(=N)I)c(N)n1. The van der Waals surface area contributed by atoms with Crippen LogP contribution in [0.25, 0.3) is 0 Å². The van der Waals surface area contributed by atoms with Gasteiger partial charge in [0.15, 0.2) is 0 Å². The van der Waals surface area contributed by atoms with Crippen molar-refractivity contribution < 1.29 is 0 Å². The molecule has 0 atom stereocenters. The summed E-state index contributed by atoms with van der Waals surface area (Å²) >= 11 is 1.81. The van der Waals surface area contributed by atoms with Gasteiger partial charge in [0.2, 0.25) is 0 Å². The molecule has 0 unspecified atom stereocenters. The van der Waals surface area contributed by atoms with Crippen LogP contribution >= 0.6 is 22.6 Å². The number of rotatable bonds is 1. The van der Waals surface area contributed by atoms with Crippen molar-refractivity contribution in [2.75, 3.05) is 11.5 Å². The van der Waals surface area contributed by atoms with E-state index in [0.717, 1.165) is 0 Å².